The van der Waals surface area contributed by atoms with Crippen LogP contribution < -0.4 is 14.4 Å². The Morgan fingerprint density at radius 1 is 0.632 bits per heavy atom. The number of halogens is 4. The van der Waals surface area contributed by atoms with E-state index in [1.54, 1.807) is 48.5 Å². The number of carbonyl (C=O) groups is 3. The van der Waals surface area contributed by atoms with Gasteiger partial charge < -0.3 is 14.4 Å². The van der Waals surface area contributed by atoms with Crippen molar-refractivity contribution in [1.29, 1.82) is 0 Å². The SMILES string of the molecule is CCOc1ccc(C2C(N3C(=O)c4c(Cl)c(Cl)c(Cl)c(Cl)c4C3=O)C(=O)N2c2ccc(OCC)cc2)cc1. The third-order valence-electron chi connectivity index (χ3n) is 6.44. The first kappa shape index (κ1) is 26.6. The zero-order valence-corrected chi connectivity index (χ0v) is 23.2. The van der Waals surface area contributed by atoms with E-state index in [1.165, 1.54) is 4.90 Å². The van der Waals surface area contributed by atoms with Gasteiger partial charge in [0.25, 0.3) is 17.7 Å². The van der Waals surface area contributed by atoms with E-state index in [9.17, 15) is 14.4 Å². The zero-order chi connectivity index (χ0) is 27.3. The molecule has 2 aliphatic rings. The number of hydrogen-bond acceptors (Lipinski definition) is 5. The second-order valence-corrected chi connectivity index (χ2v) is 10.0. The van der Waals surface area contributed by atoms with Gasteiger partial charge in [-0.05, 0) is 55.8 Å². The van der Waals surface area contributed by atoms with Crippen molar-refractivity contribution >= 4 is 69.8 Å². The van der Waals surface area contributed by atoms with Crippen LogP contribution in [0.2, 0.25) is 20.1 Å². The highest BCUT2D eigenvalue weighted by Crippen LogP contribution is 2.49. The summed E-state index contributed by atoms with van der Waals surface area (Å²) in [6.45, 7) is 4.74. The normalized spacial score (nSPS) is 18.5. The number of benzene rings is 3. The summed E-state index contributed by atoms with van der Waals surface area (Å²) in [7, 11) is 0. The summed E-state index contributed by atoms with van der Waals surface area (Å²) < 4.78 is 11.1. The molecule has 0 spiro atoms. The molecule has 3 aromatic carbocycles. The van der Waals surface area contributed by atoms with Crippen molar-refractivity contribution in [1.82, 2.24) is 4.90 Å². The molecule has 3 amide bonds. The molecule has 0 saturated carbocycles. The Bertz CT molecular complexity index is 1410. The van der Waals surface area contributed by atoms with Crippen LogP contribution in [-0.4, -0.2) is 41.9 Å². The lowest BCUT2D eigenvalue weighted by molar-refractivity contribution is -0.130. The van der Waals surface area contributed by atoms with Crippen LogP contribution in [0.15, 0.2) is 48.5 Å². The van der Waals surface area contributed by atoms with E-state index in [0.29, 0.717) is 36.0 Å². The molecular formula is C27H20Cl4N2O5. The summed E-state index contributed by atoms with van der Waals surface area (Å²) in [6.07, 6.45) is 0. The number of ether oxygens (including phenoxy) is 2. The number of nitrogens with zero attached hydrogens (tertiary/aromatic N) is 2. The summed E-state index contributed by atoms with van der Waals surface area (Å²) >= 11 is 24.9. The Labute approximate surface area is 238 Å². The van der Waals surface area contributed by atoms with Crippen molar-refractivity contribution in [3.05, 3.63) is 85.3 Å². The third kappa shape index (κ3) is 4.09. The molecule has 2 aliphatic heterocycles. The number of hydrogen-bond donors (Lipinski definition) is 0. The summed E-state index contributed by atoms with van der Waals surface area (Å²) in [5.74, 6) is -0.689. The standard InChI is InChI=1S/C27H20Cl4N2O5/c1-3-37-15-9-5-13(6-10-15)23-24(27(36)32(23)14-7-11-16(12-8-14)38-4-2)33-25(34)17-18(26(33)35)20(29)22(31)21(30)19(17)28/h5-12,23-24H,3-4H2,1-2H3. The molecule has 0 aromatic heterocycles. The van der Waals surface area contributed by atoms with E-state index < -0.39 is 29.8 Å². The topological polar surface area (TPSA) is 76.2 Å². The van der Waals surface area contributed by atoms with Crippen LogP contribution >= 0.6 is 46.4 Å². The number of imide groups is 1. The Morgan fingerprint density at radius 3 is 1.53 bits per heavy atom. The van der Waals surface area contributed by atoms with Crippen LogP contribution in [0.1, 0.15) is 46.2 Å². The fraction of sp³-hybridized carbons (Fsp3) is 0.222. The average molecular weight is 594 g/mol. The fourth-order valence-corrected chi connectivity index (χ4v) is 5.78. The monoisotopic (exact) mass is 592 g/mol. The van der Waals surface area contributed by atoms with Crippen molar-refractivity contribution in [2.24, 2.45) is 0 Å². The fourth-order valence-electron chi connectivity index (χ4n) is 4.76. The molecular weight excluding hydrogens is 574 g/mol. The lowest BCUT2D eigenvalue weighted by atomic mass is 9.86. The van der Waals surface area contributed by atoms with Crippen LogP contribution in [0.3, 0.4) is 0 Å². The lowest BCUT2D eigenvalue weighted by Crippen LogP contribution is -2.67. The molecule has 3 aromatic rings. The van der Waals surface area contributed by atoms with E-state index in [2.05, 4.69) is 0 Å². The Morgan fingerprint density at radius 2 is 1.08 bits per heavy atom. The predicted molar refractivity (Wildman–Crippen MR) is 146 cm³/mol. The van der Waals surface area contributed by atoms with Crippen LogP contribution in [0.25, 0.3) is 0 Å². The maximum Gasteiger partial charge on any atom is 0.264 e. The van der Waals surface area contributed by atoms with Crippen LogP contribution in [0.4, 0.5) is 5.69 Å². The van der Waals surface area contributed by atoms with E-state index in [1.807, 2.05) is 13.8 Å². The van der Waals surface area contributed by atoms with Gasteiger partial charge in [0.2, 0.25) is 0 Å². The molecule has 196 valence electrons. The summed E-state index contributed by atoms with van der Waals surface area (Å²) in [4.78, 5) is 43.2. The number of carbonyl (C=O) groups excluding carboxylic acids is 3. The molecule has 5 rings (SSSR count). The molecule has 11 heteroatoms. The molecule has 0 radical (unpaired) electrons. The molecule has 7 nitrogen and oxygen atoms in total. The van der Waals surface area contributed by atoms with Gasteiger partial charge in [0.15, 0.2) is 0 Å². The Kier molecular flexibility index (Phi) is 7.22. The van der Waals surface area contributed by atoms with Crippen molar-refractivity contribution in [3.63, 3.8) is 0 Å². The van der Waals surface area contributed by atoms with Gasteiger partial charge in [-0.3, -0.25) is 19.3 Å². The van der Waals surface area contributed by atoms with Crippen LogP contribution in [0, 0.1) is 0 Å². The van der Waals surface area contributed by atoms with Crippen molar-refractivity contribution < 1.29 is 23.9 Å². The van der Waals surface area contributed by atoms with Gasteiger partial charge in [-0.2, -0.15) is 0 Å². The Balaban J connectivity index is 1.58. The number of anilines is 1. The van der Waals surface area contributed by atoms with Gasteiger partial charge in [-0.15, -0.1) is 0 Å². The van der Waals surface area contributed by atoms with Crippen molar-refractivity contribution in [2.75, 3.05) is 18.1 Å². The van der Waals surface area contributed by atoms with Gasteiger partial charge >= 0.3 is 0 Å². The second-order valence-electron chi connectivity index (χ2n) is 8.51. The highest BCUT2D eigenvalue weighted by atomic mass is 35.5. The van der Waals surface area contributed by atoms with Gasteiger partial charge in [0.1, 0.15) is 17.5 Å². The summed E-state index contributed by atoms with van der Waals surface area (Å²) in [6, 6.07) is 12.3. The van der Waals surface area contributed by atoms with Gasteiger partial charge in [0.05, 0.1) is 50.5 Å². The van der Waals surface area contributed by atoms with Crippen molar-refractivity contribution in [2.45, 2.75) is 25.9 Å². The molecule has 0 N–H and O–H groups in total. The van der Waals surface area contributed by atoms with E-state index in [4.69, 9.17) is 55.9 Å². The van der Waals surface area contributed by atoms with E-state index in [0.717, 1.165) is 4.90 Å². The second kappa shape index (κ2) is 10.3. The number of amides is 3. The molecule has 2 atom stereocenters. The third-order valence-corrected chi connectivity index (χ3v) is 8.24. The average Bonchev–Trinajstić information content (AvgIpc) is 3.16. The minimum absolute atomic E-state index is 0.140. The minimum Gasteiger partial charge on any atom is -0.494 e. The molecule has 0 aliphatic carbocycles. The predicted octanol–water partition coefficient (Wildman–Crippen LogP) is 6.85. The maximum atomic E-state index is 13.7. The quantitative estimate of drug-likeness (QED) is 0.130. The minimum atomic E-state index is -1.16. The summed E-state index contributed by atoms with van der Waals surface area (Å²) in [5, 5.41) is -0.660. The van der Waals surface area contributed by atoms with Crippen molar-refractivity contribution in [3.8, 4) is 11.5 Å². The maximum absolute atomic E-state index is 13.7. The highest BCUT2D eigenvalue weighted by Gasteiger charge is 2.58. The van der Waals surface area contributed by atoms with E-state index in [-0.39, 0.29) is 31.2 Å². The molecule has 2 heterocycles. The highest BCUT2D eigenvalue weighted by molar-refractivity contribution is 6.55. The smallest absolute Gasteiger partial charge is 0.264 e. The Hall–Kier alpha value is -2.97. The first-order valence-electron chi connectivity index (χ1n) is 11.7. The lowest BCUT2D eigenvalue weighted by Gasteiger charge is -2.49. The van der Waals surface area contributed by atoms with Crippen LogP contribution in [0.5, 0.6) is 11.5 Å². The first-order chi connectivity index (χ1) is 18.2. The molecule has 1 saturated heterocycles. The largest absolute Gasteiger partial charge is 0.494 e. The first-order valence-corrected chi connectivity index (χ1v) is 13.2. The number of rotatable bonds is 7. The van der Waals surface area contributed by atoms with Gasteiger partial charge in [0, 0.05) is 5.69 Å². The van der Waals surface area contributed by atoms with Crippen LogP contribution in [-0.2, 0) is 4.79 Å². The van der Waals surface area contributed by atoms with Gasteiger partial charge in [-0.25, -0.2) is 0 Å². The molecule has 1 fully saturated rings. The number of β-lactam (4-membered cyclic amide) rings is 1. The van der Waals surface area contributed by atoms with E-state index >= 15 is 0 Å². The zero-order valence-electron chi connectivity index (χ0n) is 20.1. The summed E-state index contributed by atoms with van der Waals surface area (Å²) in [5.41, 5.74) is 0.923. The number of fused-ring (bicyclic) bond motifs is 1. The van der Waals surface area contributed by atoms with Gasteiger partial charge in [-0.1, -0.05) is 58.5 Å². The molecule has 38 heavy (non-hydrogen) atoms. The molecule has 2 unspecified atom stereocenters. The molecule has 0 bridgehead atoms.